The van der Waals surface area contributed by atoms with Gasteiger partial charge in [0.25, 0.3) is 17.1 Å². The van der Waals surface area contributed by atoms with Crippen molar-refractivity contribution in [2.75, 3.05) is 44.6 Å². The van der Waals surface area contributed by atoms with Crippen molar-refractivity contribution in [3.05, 3.63) is 81.7 Å². The van der Waals surface area contributed by atoms with Gasteiger partial charge in [-0.2, -0.15) is 0 Å². The molecular formula is C31H28ClN3O9S. The number of nitrogens with zero attached hydrogens (tertiary/aromatic N) is 1. The van der Waals surface area contributed by atoms with Crippen LogP contribution in [0.2, 0.25) is 5.02 Å². The van der Waals surface area contributed by atoms with Crippen molar-refractivity contribution in [3.8, 4) is 17.2 Å². The molecular weight excluding hydrogens is 626 g/mol. The number of hydrogen-bond donors (Lipinski definition) is 2. The van der Waals surface area contributed by atoms with Gasteiger partial charge < -0.3 is 29.6 Å². The van der Waals surface area contributed by atoms with Crippen LogP contribution in [0.3, 0.4) is 0 Å². The van der Waals surface area contributed by atoms with Crippen LogP contribution in [0.15, 0.2) is 65.6 Å². The van der Waals surface area contributed by atoms with Gasteiger partial charge in [-0.25, -0.2) is 4.79 Å². The average molecular weight is 654 g/mol. The summed E-state index contributed by atoms with van der Waals surface area (Å²) in [5.74, 6) is -1.31. The highest BCUT2D eigenvalue weighted by Crippen LogP contribution is 2.35. The molecule has 1 aliphatic heterocycles. The Morgan fingerprint density at radius 3 is 2.42 bits per heavy atom. The molecule has 1 aliphatic rings. The number of carbonyl (C=O) groups excluding carboxylic acids is 5. The van der Waals surface area contributed by atoms with Crippen LogP contribution in [-0.2, 0) is 19.1 Å². The first-order valence-electron chi connectivity index (χ1n) is 13.4. The predicted molar refractivity (Wildman–Crippen MR) is 169 cm³/mol. The van der Waals surface area contributed by atoms with E-state index in [1.165, 1.54) is 38.5 Å². The van der Waals surface area contributed by atoms with Crippen LogP contribution in [0.5, 0.6) is 17.2 Å². The largest absolute Gasteiger partial charge is 0.493 e. The Kier molecular flexibility index (Phi) is 11.1. The molecule has 45 heavy (non-hydrogen) atoms. The zero-order valence-corrected chi connectivity index (χ0v) is 26.0. The van der Waals surface area contributed by atoms with E-state index < -0.39 is 35.5 Å². The van der Waals surface area contributed by atoms with Crippen molar-refractivity contribution in [1.82, 2.24) is 4.90 Å². The third-order valence-corrected chi connectivity index (χ3v) is 7.37. The second kappa shape index (κ2) is 15.1. The maximum absolute atomic E-state index is 13.0. The number of para-hydroxylation sites is 2. The van der Waals surface area contributed by atoms with E-state index >= 15 is 0 Å². The van der Waals surface area contributed by atoms with Gasteiger partial charge in [0.2, 0.25) is 5.91 Å². The number of nitrogens with one attached hydrogen (secondary N) is 2. The summed E-state index contributed by atoms with van der Waals surface area (Å²) in [4.78, 5) is 63.5. The van der Waals surface area contributed by atoms with Gasteiger partial charge in [0, 0.05) is 5.69 Å². The Morgan fingerprint density at radius 1 is 0.911 bits per heavy atom. The highest BCUT2D eigenvalue weighted by atomic mass is 35.5. The maximum Gasteiger partial charge on any atom is 0.339 e. The van der Waals surface area contributed by atoms with Gasteiger partial charge in [0.05, 0.1) is 42.0 Å². The minimum atomic E-state index is -0.687. The van der Waals surface area contributed by atoms with Crippen molar-refractivity contribution in [3.63, 3.8) is 0 Å². The van der Waals surface area contributed by atoms with E-state index in [-0.39, 0.29) is 33.5 Å². The molecule has 3 aromatic rings. The van der Waals surface area contributed by atoms with Crippen molar-refractivity contribution in [2.45, 2.75) is 6.92 Å². The van der Waals surface area contributed by atoms with Crippen LogP contribution in [0.25, 0.3) is 6.08 Å². The molecule has 14 heteroatoms. The molecule has 0 aliphatic carbocycles. The number of imide groups is 1. The molecule has 2 N–H and O–H groups in total. The molecule has 0 spiro atoms. The second-order valence-electron chi connectivity index (χ2n) is 9.18. The first-order chi connectivity index (χ1) is 21.6. The highest BCUT2D eigenvalue weighted by Gasteiger charge is 2.36. The van der Waals surface area contributed by atoms with Crippen molar-refractivity contribution >= 4 is 69.7 Å². The summed E-state index contributed by atoms with van der Waals surface area (Å²) >= 11 is 6.68. The van der Waals surface area contributed by atoms with E-state index in [9.17, 15) is 24.0 Å². The number of methoxy groups -OCH3 is 2. The monoisotopic (exact) mass is 653 g/mol. The van der Waals surface area contributed by atoms with Gasteiger partial charge >= 0.3 is 5.97 Å². The van der Waals surface area contributed by atoms with Gasteiger partial charge in [-0.05, 0) is 72.8 Å². The first-order valence-corrected chi connectivity index (χ1v) is 14.6. The van der Waals surface area contributed by atoms with Crippen molar-refractivity contribution in [2.24, 2.45) is 0 Å². The predicted octanol–water partition coefficient (Wildman–Crippen LogP) is 5.23. The molecule has 234 valence electrons. The summed E-state index contributed by atoms with van der Waals surface area (Å²) in [6.07, 6.45) is 1.48. The Labute approximate surface area is 267 Å². The lowest BCUT2D eigenvalue weighted by Gasteiger charge is -2.14. The Hall–Kier alpha value is -5.01. The molecule has 12 nitrogen and oxygen atoms in total. The minimum Gasteiger partial charge on any atom is -0.493 e. The van der Waals surface area contributed by atoms with E-state index in [0.29, 0.717) is 41.1 Å². The number of anilines is 2. The summed E-state index contributed by atoms with van der Waals surface area (Å²) in [5.41, 5.74) is 1.30. The Balaban J connectivity index is 1.38. The first kappa shape index (κ1) is 32.9. The van der Waals surface area contributed by atoms with Gasteiger partial charge in [-0.1, -0.05) is 29.8 Å². The molecule has 3 aromatic carbocycles. The van der Waals surface area contributed by atoms with E-state index in [2.05, 4.69) is 15.4 Å². The molecule has 4 amide bonds. The lowest BCUT2D eigenvalue weighted by Crippen LogP contribution is -2.36. The summed E-state index contributed by atoms with van der Waals surface area (Å²) in [7, 11) is 2.62. The molecule has 0 aromatic heterocycles. The van der Waals surface area contributed by atoms with Crippen LogP contribution in [0.4, 0.5) is 16.2 Å². The van der Waals surface area contributed by atoms with Crippen LogP contribution in [-0.4, -0.2) is 67.8 Å². The van der Waals surface area contributed by atoms with Gasteiger partial charge in [0.15, 0.2) is 18.1 Å². The van der Waals surface area contributed by atoms with Crippen molar-refractivity contribution in [1.29, 1.82) is 0 Å². The maximum atomic E-state index is 13.0. The lowest BCUT2D eigenvalue weighted by atomic mass is 10.2. The lowest BCUT2D eigenvalue weighted by molar-refractivity contribution is -0.127. The average Bonchev–Trinajstić information content (AvgIpc) is 3.28. The molecule has 0 unspecified atom stereocenters. The van der Waals surface area contributed by atoms with E-state index in [4.69, 9.17) is 25.8 Å². The van der Waals surface area contributed by atoms with Gasteiger partial charge in [-0.3, -0.25) is 24.1 Å². The Morgan fingerprint density at radius 2 is 1.69 bits per heavy atom. The van der Waals surface area contributed by atoms with Crippen molar-refractivity contribution < 1.29 is 42.9 Å². The number of thioether (sulfide) groups is 1. The normalized spacial score (nSPS) is 13.4. The van der Waals surface area contributed by atoms with Crippen LogP contribution < -0.4 is 24.8 Å². The number of carbonyl (C=O) groups is 5. The fourth-order valence-electron chi connectivity index (χ4n) is 4.08. The minimum absolute atomic E-state index is 0.0458. The third-order valence-electron chi connectivity index (χ3n) is 6.14. The number of halogens is 1. The molecule has 0 bridgehead atoms. The number of benzene rings is 3. The standard InChI is InChI=1S/C31H28ClN3O9S/c1-4-43-23-8-6-5-7-22(23)34-28(37)17-44-24-12-9-18(13-25(24)41-2)14-26-29(38)35(31(40)45-26)16-27(36)33-19-10-11-21(32)20(15-19)30(39)42-3/h5-15H,4,16-17H2,1-3H3,(H,33,36)(H,34,37)/b26-14+. The number of amides is 4. The fraction of sp³-hybridized carbons (Fsp3) is 0.194. The summed E-state index contributed by atoms with van der Waals surface area (Å²) < 4.78 is 21.2. The van der Waals surface area contributed by atoms with Crippen LogP contribution >= 0.6 is 23.4 Å². The molecule has 1 saturated heterocycles. The topological polar surface area (TPSA) is 150 Å². The molecule has 1 heterocycles. The van der Waals surface area contributed by atoms with Crippen LogP contribution in [0.1, 0.15) is 22.8 Å². The molecule has 1 fully saturated rings. The fourth-order valence-corrected chi connectivity index (χ4v) is 5.11. The van der Waals surface area contributed by atoms with E-state index in [0.717, 1.165) is 4.90 Å². The van der Waals surface area contributed by atoms with E-state index in [1.54, 1.807) is 42.5 Å². The summed E-state index contributed by atoms with van der Waals surface area (Å²) in [5, 5.41) is 4.79. The summed E-state index contributed by atoms with van der Waals surface area (Å²) in [6, 6.07) is 16.0. The molecule has 0 atom stereocenters. The zero-order chi connectivity index (χ0) is 32.5. The third kappa shape index (κ3) is 8.34. The molecule has 4 rings (SSSR count). The molecule has 0 radical (unpaired) electrons. The van der Waals surface area contributed by atoms with Crippen LogP contribution in [0, 0.1) is 0 Å². The molecule has 0 saturated carbocycles. The highest BCUT2D eigenvalue weighted by molar-refractivity contribution is 8.18. The number of ether oxygens (including phenoxy) is 4. The number of esters is 1. The SMILES string of the molecule is CCOc1ccccc1NC(=O)COc1ccc(/C=C2/SC(=O)N(CC(=O)Nc3ccc(Cl)c(C(=O)OC)c3)C2=O)cc1OC. The zero-order valence-electron chi connectivity index (χ0n) is 24.4. The number of rotatable bonds is 12. The van der Waals surface area contributed by atoms with Gasteiger partial charge in [0.1, 0.15) is 12.3 Å². The Bertz CT molecular complexity index is 1680. The quantitative estimate of drug-likeness (QED) is 0.197. The van der Waals surface area contributed by atoms with Gasteiger partial charge in [-0.15, -0.1) is 0 Å². The summed E-state index contributed by atoms with van der Waals surface area (Å²) in [6.45, 7) is 1.43. The van der Waals surface area contributed by atoms with E-state index in [1.807, 2.05) is 6.92 Å². The second-order valence-corrected chi connectivity index (χ2v) is 10.6. The smallest absolute Gasteiger partial charge is 0.339 e. The number of hydrogen-bond acceptors (Lipinski definition) is 10.